The lowest BCUT2D eigenvalue weighted by Gasteiger charge is -2.12. The van der Waals surface area contributed by atoms with Crippen molar-refractivity contribution in [2.24, 2.45) is 0 Å². The summed E-state index contributed by atoms with van der Waals surface area (Å²) in [7, 11) is 0. The summed E-state index contributed by atoms with van der Waals surface area (Å²) in [5.41, 5.74) is -4.32. The van der Waals surface area contributed by atoms with E-state index in [-0.39, 0.29) is 11.8 Å². The van der Waals surface area contributed by atoms with Crippen LogP contribution in [0.3, 0.4) is 0 Å². The highest BCUT2D eigenvalue weighted by atomic mass is 19.4. The van der Waals surface area contributed by atoms with Gasteiger partial charge in [-0.15, -0.1) is 0 Å². The highest BCUT2D eigenvalue weighted by Crippen LogP contribution is 2.39. The fourth-order valence-electron chi connectivity index (χ4n) is 2.43. The first-order chi connectivity index (χ1) is 14.8. The van der Waals surface area contributed by atoms with Crippen molar-refractivity contribution in [2.75, 3.05) is 0 Å². The molecule has 3 aromatic rings. The molecule has 0 fully saturated rings. The molecule has 0 saturated heterocycles. The lowest BCUT2D eigenvalue weighted by atomic mass is 10.1. The molecule has 2 aromatic carbocycles. The molecular weight excluding hydrogens is 455 g/mol. The Hall–Kier alpha value is -3.97. The van der Waals surface area contributed by atoms with Gasteiger partial charge in [-0.05, 0) is 24.3 Å². The molecule has 0 atom stereocenters. The molecular formula is C18H8F7N3O4. The van der Waals surface area contributed by atoms with Gasteiger partial charge in [0, 0.05) is 12.1 Å². The maximum absolute atomic E-state index is 13.4. The third-order valence-electron chi connectivity index (χ3n) is 3.78. The van der Waals surface area contributed by atoms with Crippen LogP contribution in [0.25, 0.3) is 0 Å². The molecule has 0 aliphatic rings. The van der Waals surface area contributed by atoms with Gasteiger partial charge in [-0.25, -0.2) is 14.4 Å². The molecule has 0 bridgehead atoms. The number of ether oxygens (including phenoxy) is 2. The first kappa shape index (κ1) is 22.7. The third kappa shape index (κ3) is 5.19. The van der Waals surface area contributed by atoms with Gasteiger partial charge in [0.05, 0.1) is 16.6 Å². The number of hydrogen-bond acceptors (Lipinski definition) is 6. The molecule has 0 aliphatic carbocycles. The molecule has 0 aliphatic heterocycles. The van der Waals surface area contributed by atoms with E-state index >= 15 is 0 Å². The van der Waals surface area contributed by atoms with Gasteiger partial charge < -0.3 is 9.47 Å². The minimum absolute atomic E-state index is 0.368. The van der Waals surface area contributed by atoms with E-state index in [0.717, 1.165) is 24.5 Å². The SMILES string of the molecule is O=[N+]([O-])c1ccc(Oc2cc(Oc3ccc(F)c(C(F)(F)F)c3)ncn2)cc1C(F)(F)F. The summed E-state index contributed by atoms with van der Waals surface area (Å²) in [4.78, 5) is 16.8. The Kier molecular flexibility index (Phi) is 5.88. The Balaban J connectivity index is 1.86. The second kappa shape index (κ2) is 8.28. The number of halogens is 7. The molecule has 14 heteroatoms. The number of hydrogen-bond donors (Lipinski definition) is 0. The first-order valence-electron chi connectivity index (χ1n) is 8.25. The molecule has 0 radical (unpaired) electrons. The summed E-state index contributed by atoms with van der Waals surface area (Å²) in [6.07, 6.45) is -9.18. The molecule has 0 unspecified atom stereocenters. The van der Waals surface area contributed by atoms with Crippen LogP contribution in [0.5, 0.6) is 23.3 Å². The van der Waals surface area contributed by atoms with Crippen molar-refractivity contribution in [3.63, 3.8) is 0 Å². The number of nitrogens with zero attached hydrogens (tertiary/aromatic N) is 3. The van der Waals surface area contributed by atoms with Crippen molar-refractivity contribution in [3.8, 4) is 23.3 Å². The van der Waals surface area contributed by atoms with Crippen molar-refractivity contribution in [2.45, 2.75) is 12.4 Å². The molecule has 7 nitrogen and oxygen atoms in total. The summed E-state index contributed by atoms with van der Waals surface area (Å²) < 4.78 is 101. The number of aromatic nitrogens is 2. The second-order valence-corrected chi connectivity index (χ2v) is 5.97. The Morgan fingerprint density at radius 2 is 1.28 bits per heavy atom. The van der Waals surface area contributed by atoms with Crippen LogP contribution < -0.4 is 9.47 Å². The van der Waals surface area contributed by atoms with Gasteiger partial charge in [-0.3, -0.25) is 10.1 Å². The van der Waals surface area contributed by atoms with E-state index in [1.807, 2.05) is 0 Å². The van der Waals surface area contributed by atoms with E-state index in [0.29, 0.717) is 24.3 Å². The van der Waals surface area contributed by atoms with Crippen molar-refractivity contribution < 1.29 is 45.1 Å². The van der Waals surface area contributed by atoms with Gasteiger partial charge >= 0.3 is 12.4 Å². The van der Waals surface area contributed by atoms with Gasteiger partial charge in [0.1, 0.15) is 29.2 Å². The zero-order chi connectivity index (χ0) is 23.7. The zero-order valence-electron chi connectivity index (χ0n) is 15.2. The number of nitro groups is 1. The monoisotopic (exact) mass is 463 g/mol. The zero-order valence-corrected chi connectivity index (χ0v) is 15.2. The normalized spacial score (nSPS) is 11.8. The van der Waals surface area contributed by atoms with E-state index in [1.165, 1.54) is 0 Å². The summed E-state index contributed by atoms with van der Waals surface area (Å²) in [5, 5.41) is 10.8. The molecule has 1 heterocycles. The maximum Gasteiger partial charge on any atom is 0.423 e. The van der Waals surface area contributed by atoms with Crippen LogP contribution in [-0.4, -0.2) is 14.9 Å². The molecule has 0 amide bonds. The second-order valence-electron chi connectivity index (χ2n) is 5.97. The first-order valence-corrected chi connectivity index (χ1v) is 8.25. The van der Waals surface area contributed by atoms with Gasteiger partial charge in [-0.2, -0.15) is 26.3 Å². The lowest BCUT2D eigenvalue weighted by molar-refractivity contribution is -0.388. The van der Waals surface area contributed by atoms with E-state index in [1.54, 1.807) is 0 Å². The van der Waals surface area contributed by atoms with Crippen molar-refractivity contribution >= 4 is 5.69 Å². The predicted molar refractivity (Wildman–Crippen MR) is 91.7 cm³/mol. The number of benzene rings is 2. The van der Waals surface area contributed by atoms with E-state index in [2.05, 4.69) is 9.97 Å². The van der Waals surface area contributed by atoms with Crippen molar-refractivity contribution in [1.82, 2.24) is 9.97 Å². The third-order valence-corrected chi connectivity index (χ3v) is 3.78. The van der Waals surface area contributed by atoms with Gasteiger partial charge in [0.25, 0.3) is 5.69 Å². The van der Waals surface area contributed by atoms with Crippen LogP contribution in [0.15, 0.2) is 48.8 Å². The molecule has 32 heavy (non-hydrogen) atoms. The standard InChI is InChI=1S/C18H8F7N3O4/c19-13-3-1-9(5-11(13)17(20,21)22)31-15-7-16(27-8-26-15)32-10-2-4-14(28(29)30)12(6-10)18(23,24)25/h1-8H. The van der Waals surface area contributed by atoms with Crippen LogP contribution >= 0.6 is 0 Å². The molecule has 3 rings (SSSR count). The van der Waals surface area contributed by atoms with Gasteiger partial charge in [0.2, 0.25) is 11.8 Å². The summed E-state index contributed by atoms with van der Waals surface area (Å²) in [6, 6.07) is 4.64. The largest absolute Gasteiger partial charge is 0.439 e. The minimum Gasteiger partial charge on any atom is -0.439 e. The Morgan fingerprint density at radius 3 is 1.78 bits per heavy atom. The van der Waals surface area contributed by atoms with E-state index in [9.17, 15) is 40.8 Å². The molecule has 0 spiro atoms. The highest BCUT2D eigenvalue weighted by molar-refractivity contribution is 5.47. The Bertz CT molecular complexity index is 1170. The van der Waals surface area contributed by atoms with Crippen LogP contribution in [0.2, 0.25) is 0 Å². The fraction of sp³-hybridized carbons (Fsp3) is 0.111. The van der Waals surface area contributed by atoms with Crippen molar-refractivity contribution in [1.29, 1.82) is 0 Å². The molecule has 168 valence electrons. The topological polar surface area (TPSA) is 87.4 Å². The average Bonchev–Trinajstić information content (AvgIpc) is 2.68. The molecule has 0 saturated carbocycles. The summed E-state index contributed by atoms with van der Waals surface area (Å²) in [5.74, 6) is -3.16. The molecule has 0 N–H and O–H groups in total. The van der Waals surface area contributed by atoms with Crippen LogP contribution in [0.4, 0.5) is 36.4 Å². The fourth-order valence-corrected chi connectivity index (χ4v) is 2.43. The highest BCUT2D eigenvalue weighted by Gasteiger charge is 2.39. The number of alkyl halides is 6. The van der Waals surface area contributed by atoms with E-state index < -0.39 is 51.4 Å². The summed E-state index contributed by atoms with van der Waals surface area (Å²) >= 11 is 0. The van der Waals surface area contributed by atoms with Gasteiger partial charge in [0.15, 0.2) is 0 Å². The average molecular weight is 463 g/mol. The van der Waals surface area contributed by atoms with Gasteiger partial charge in [-0.1, -0.05) is 0 Å². The Morgan fingerprint density at radius 1 is 0.781 bits per heavy atom. The lowest BCUT2D eigenvalue weighted by Crippen LogP contribution is -2.09. The molecule has 1 aromatic heterocycles. The van der Waals surface area contributed by atoms with Crippen LogP contribution in [0.1, 0.15) is 11.1 Å². The smallest absolute Gasteiger partial charge is 0.423 e. The number of rotatable bonds is 5. The van der Waals surface area contributed by atoms with E-state index in [4.69, 9.17) is 9.47 Å². The maximum atomic E-state index is 13.4. The predicted octanol–water partition coefficient (Wildman–Crippen LogP) is 6.15. The minimum atomic E-state index is -5.04. The van der Waals surface area contributed by atoms with Crippen LogP contribution in [0, 0.1) is 15.9 Å². The Labute approximate surface area is 173 Å². The number of nitro benzene ring substituents is 1. The quantitative estimate of drug-likeness (QED) is 0.256. The summed E-state index contributed by atoms with van der Waals surface area (Å²) in [6.45, 7) is 0. The van der Waals surface area contributed by atoms with Crippen molar-refractivity contribution in [3.05, 3.63) is 75.9 Å². The van der Waals surface area contributed by atoms with Crippen LogP contribution in [-0.2, 0) is 12.4 Å².